The maximum Gasteiger partial charge on any atom is 0.349 e. The lowest BCUT2D eigenvalue weighted by molar-refractivity contribution is 0.0697. The Morgan fingerprint density at radius 1 is 1.56 bits per heavy atom. The van der Waals surface area contributed by atoms with Gasteiger partial charge in [-0.2, -0.15) is 0 Å². The molecule has 100 valence electrons. The van der Waals surface area contributed by atoms with Crippen LogP contribution in [0.25, 0.3) is 0 Å². The maximum atomic E-state index is 10.9. The van der Waals surface area contributed by atoms with Crippen molar-refractivity contribution in [2.45, 2.75) is 19.8 Å². The van der Waals surface area contributed by atoms with E-state index in [4.69, 9.17) is 9.84 Å². The minimum atomic E-state index is -0.910. The molecule has 0 saturated carbocycles. The molecule has 0 aliphatic carbocycles. The largest absolute Gasteiger partial charge is 0.491 e. The van der Waals surface area contributed by atoms with Crippen molar-refractivity contribution in [2.24, 2.45) is 5.92 Å². The van der Waals surface area contributed by atoms with Gasteiger partial charge >= 0.3 is 5.97 Å². The van der Waals surface area contributed by atoms with E-state index in [1.807, 2.05) is 0 Å². The lowest BCUT2D eigenvalue weighted by Gasteiger charge is -2.20. The fourth-order valence-corrected chi connectivity index (χ4v) is 2.93. The fraction of sp³-hybridized carbons (Fsp3) is 0.615. The molecule has 0 amide bonds. The number of aromatic carboxylic acids is 1. The number of rotatable bonds is 6. The molecule has 4 nitrogen and oxygen atoms in total. The lowest BCUT2D eigenvalue weighted by Crippen LogP contribution is -2.28. The number of likely N-dealkylation sites (tertiary alicyclic amines) is 1. The fourth-order valence-electron chi connectivity index (χ4n) is 2.26. The quantitative estimate of drug-likeness (QED) is 0.862. The second-order valence-electron chi connectivity index (χ2n) is 4.84. The summed E-state index contributed by atoms with van der Waals surface area (Å²) in [6, 6.07) is 1.73. The first-order valence-electron chi connectivity index (χ1n) is 6.32. The minimum Gasteiger partial charge on any atom is -0.491 e. The summed E-state index contributed by atoms with van der Waals surface area (Å²) < 4.78 is 5.61. The van der Waals surface area contributed by atoms with Gasteiger partial charge < -0.3 is 14.7 Å². The molecule has 0 aromatic carbocycles. The number of hydrogen-bond donors (Lipinski definition) is 1. The van der Waals surface area contributed by atoms with Crippen molar-refractivity contribution in [3.8, 4) is 5.75 Å². The molecule has 0 spiro atoms. The number of carbonyl (C=O) groups is 1. The lowest BCUT2D eigenvalue weighted by atomic mass is 10.2. The van der Waals surface area contributed by atoms with Crippen molar-refractivity contribution in [2.75, 3.05) is 26.2 Å². The van der Waals surface area contributed by atoms with Crippen molar-refractivity contribution in [3.05, 3.63) is 16.3 Å². The third-order valence-corrected chi connectivity index (χ3v) is 4.00. The van der Waals surface area contributed by atoms with Gasteiger partial charge in [-0.15, -0.1) is 11.3 Å². The molecule has 1 saturated heterocycles. The van der Waals surface area contributed by atoms with Crippen molar-refractivity contribution >= 4 is 17.3 Å². The first kappa shape index (κ1) is 13.4. The van der Waals surface area contributed by atoms with Gasteiger partial charge in [0.2, 0.25) is 0 Å². The van der Waals surface area contributed by atoms with Crippen molar-refractivity contribution in [1.82, 2.24) is 4.90 Å². The first-order chi connectivity index (χ1) is 8.66. The molecule has 5 heteroatoms. The van der Waals surface area contributed by atoms with Crippen molar-refractivity contribution in [3.63, 3.8) is 0 Å². The molecule has 1 aliphatic rings. The van der Waals surface area contributed by atoms with Crippen LogP contribution < -0.4 is 4.74 Å². The van der Waals surface area contributed by atoms with E-state index >= 15 is 0 Å². The Balaban J connectivity index is 1.79. The van der Waals surface area contributed by atoms with Crippen LogP contribution in [0.2, 0.25) is 0 Å². The van der Waals surface area contributed by atoms with Crippen molar-refractivity contribution in [1.29, 1.82) is 0 Å². The first-order valence-corrected chi connectivity index (χ1v) is 7.20. The number of ether oxygens (including phenoxy) is 1. The van der Waals surface area contributed by atoms with Gasteiger partial charge in [-0.3, -0.25) is 0 Å². The topological polar surface area (TPSA) is 49.8 Å². The highest BCUT2D eigenvalue weighted by molar-refractivity contribution is 7.12. The summed E-state index contributed by atoms with van der Waals surface area (Å²) in [7, 11) is 0. The van der Waals surface area contributed by atoms with Crippen LogP contribution in [0.3, 0.4) is 0 Å². The standard InChI is InChI=1S/C13H19NO3S/c1-10(8-14-5-2-3-6-14)9-17-11-4-7-18-12(11)13(15)16/h4,7,10H,2-3,5-6,8-9H2,1H3,(H,15,16). The molecule has 2 heterocycles. The zero-order valence-electron chi connectivity index (χ0n) is 10.6. The van der Waals surface area contributed by atoms with E-state index < -0.39 is 5.97 Å². The number of thiophene rings is 1. The molecule has 1 N–H and O–H groups in total. The molecule has 1 fully saturated rings. The van der Waals surface area contributed by atoms with Gasteiger partial charge in [0, 0.05) is 12.5 Å². The Morgan fingerprint density at radius 3 is 2.94 bits per heavy atom. The number of nitrogens with zero attached hydrogens (tertiary/aromatic N) is 1. The van der Waals surface area contributed by atoms with Crippen LogP contribution in [0.5, 0.6) is 5.75 Å². The second-order valence-corrected chi connectivity index (χ2v) is 5.76. The van der Waals surface area contributed by atoms with E-state index in [1.165, 1.54) is 37.3 Å². The third-order valence-electron chi connectivity index (χ3n) is 3.12. The predicted molar refractivity (Wildman–Crippen MR) is 71.6 cm³/mol. The predicted octanol–water partition coefficient (Wildman–Crippen LogP) is 2.56. The van der Waals surface area contributed by atoms with Gasteiger partial charge in [0.05, 0.1) is 6.61 Å². The smallest absolute Gasteiger partial charge is 0.349 e. The molecule has 1 unspecified atom stereocenters. The van der Waals surface area contributed by atoms with Crippen LogP contribution in [0.4, 0.5) is 0 Å². The number of carboxylic acids is 1. The van der Waals surface area contributed by atoms with Crippen LogP contribution >= 0.6 is 11.3 Å². The molecule has 0 radical (unpaired) electrons. The molecular formula is C13H19NO3S. The van der Waals surface area contributed by atoms with Gasteiger partial charge in [0.15, 0.2) is 4.88 Å². The monoisotopic (exact) mass is 269 g/mol. The molecule has 1 atom stereocenters. The Morgan fingerprint density at radius 2 is 2.28 bits per heavy atom. The Hall–Kier alpha value is -1.07. The highest BCUT2D eigenvalue weighted by Gasteiger charge is 2.17. The summed E-state index contributed by atoms with van der Waals surface area (Å²) in [6.07, 6.45) is 2.59. The number of hydrogen-bond acceptors (Lipinski definition) is 4. The summed E-state index contributed by atoms with van der Waals surface area (Å²) in [5.41, 5.74) is 0. The van der Waals surface area contributed by atoms with Crippen LogP contribution in [0.1, 0.15) is 29.4 Å². The van der Waals surface area contributed by atoms with E-state index in [0.29, 0.717) is 23.2 Å². The normalized spacial score (nSPS) is 17.8. The summed E-state index contributed by atoms with van der Waals surface area (Å²) in [4.78, 5) is 13.7. The van der Waals surface area contributed by atoms with Gasteiger partial charge in [-0.1, -0.05) is 6.92 Å². The van der Waals surface area contributed by atoms with Gasteiger partial charge in [0.1, 0.15) is 5.75 Å². The Bertz CT molecular complexity index is 399. The second kappa shape index (κ2) is 6.20. The average molecular weight is 269 g/mol. The van der Waals surface area contributed by atoms with Crippen LogP contribution in [0.15, 0.2) is 11.4 Å². The average Bonchev–Trinajstić information content (AvgIpc) is 2.96. The summed E-state index contributed by atoms with van der Waals surface area (Å²) in [6.45, 7) is 6.12. The highest BCUT2D eigenvalue weighted by Crippen LogP contribution is 2.25. The molecule has 18 heavy (non-hydrogen) atoms. The highest BCUT2D eigenvalue weighted by atomic mass is 32.1. The zero-order chi connectivity index (χ0) is 13.0. The summed E-state index contributed by atoms with van der Waals surface area (Å²) in [5, 5.41) is 10.7. The minimum absolute atomic E-state index is 0.295. The Labute approximate surface area is 111 Å². The summed E-state index contributed by atoms with van der Waals surface area (Å²) >= 11 is 1.21. The van der Waals surface area contributed by atoms with Crippen LogP contribution in [-0.2, 0) is 0 Å². The molecular weight excluding hydrogens is 250 g/mol. The molecule has 1 aromatic heterocycles. The molecule has 0 bridgehead atoms. The maximum absolute atomic E-state index is 10.9. The summed E-state index contributed by atoms with van der Waals surface area (Å²) in [5.74, 6) is 0.0117. The van der Waals surface area contributed by atoms with Crippen LogP contribution in [-0.4, -0.2) is 42.2 Å². The van der Waals surface area contributed by atoms with E-state index in [2.05, 4.69) is 11.8 Å². The molecule has 1 aromatic rings. The third kappa shape index (κ3) is 3.46. The SMILES string of the molecule is CC(COc1ccsc1C(=O)O)CN1CCCC1. The Kier molecular flexibility index (Phi) is 4.60. The molecule has 1 aliphatic heterocycles. The zero-order valence-corrected chi connectivity index (χ0v) is 11.4. The van der Waals surface area contributed by atoms with E-state index in [0.717, 1.165) is 6.54 Å². The van der Waals surface area contributed by atoms with Gasteiger partial charge in [-0.05, 0) is 37.4 Å². The van der Waals surface area contributed by atoms with E-state index in [1.54, 1.807) is 11.4 Å². The van der Waals surface area contributed by atoms with Gasteiger partial charge in [0.25, 0.3) is 0 Å². The molecule has 2 rings (SSSR count). The van der Waals surface area contributed by atoms with Crippen LogP contribution in [0, 0.1) is 5.92 Å². The van der Waals surface area contributed by atoms with E-state index in [9.17, 15) is 4.79 Å². The van der Waals surface area contributed by atoms with E-state index in [-0.39, 0.29) is 0 Å². The number of carboxylic acid groups (broad SMARTS) is 1. The van der Waals surface area contributed by atoms with Gasteiger partial charge in [-0.25, -0.2) is 4.79 Å². The van der Waals surface area contributed by atoms with Crippen molar-refractivity contribution < 1.29 is 14.6 Å².